The van der Waals surface area contributed by atoms with Gasteiger partial charge in [-0.15, -0.1) is 0 Å². The molecule has 8 heteroatoms. The van der Waals surface area contributed by atoms with Crippen LogP contribution < -0.4 is 10.6 Å². The number of hydrogen-bond acceptors (Lipinski definition) is 5. The molecule has 7 nitrogen and oxygen atoms in total. The van der Waals surface area contributed by atoms with Crippen LogP contribution in [0.1, 0.15) is 19.3 Å². The topological polar surface area (TPSA) is 87.7 Å². The van der Waals surface area contributed by atoms with E-state index < -0.39 is 10.0 Å². The molecule has 1 amide bonds. The Labute approximate surface area is 148 Å². The fourth-order valence-corrected chi connectivity index (χ4v) is 4.73. The van der Waals surface area contributed by atoms with E-state index in [0.717, 1.165) is 6.54 Å². The van der Waals surface area contributed by atoms with Crippen LogP contribution in [0.3, 0.4) is 0 Å². The molecule has 2 fully saturated rings. The van der Waals surface area contributed by atoms with Crippen molar-refractivity contribution in [2.45, 2.75) is 36.2 Å². The van der Waals surface area contributed by atoms with Gasteiger partial charge >= 0.3 is 0 Å². The van der Waals surface area contributed by atoms with E-state index in [1.165, 1.54) is 4.31 Å². The second-order valence-electron chi connectivity index (χ2n) is 6.49. The molecule has 2 aliphatic heterocycles. The molecule has 0 spiro atoms. The lowest BCUT2D eigenvalue weighted by Crippen LogP contribution is -2.49. The van der Waals surface area contributed by atoms with Crippen LogP contribution in [0.2, 0.25) is 0 Å². The Kier molecular flexibility index (Phi) is 6.06. The maximum Gasteiger partial charge on any atom is 0.243 e. The number of morpholine rings is 1. The van der Waals surface area contributed by atoms with E-state index >= 15 is 0 Å². The third-order valence-corrected chi connectivity index (χ3v) is 6.54. The molecule has 3 rings (SSSR count). The summed E-state index contributed by atoms with van der Waals surface area (Å²) in [5.41, 5.74) is 0. The van der Waals surface area contributed by atoms with Crippen molar-refractivity contribution in [3.63, 3.8) is 0 Å². The van der Waals surface area contributed by atoms with Gasteiger partial charge in [-0.2, -0.15) is 4.31 Å². The molecule has 1 unspecified atom stereocenters. The lowest BCUT2D eigenvalue weighted by molar-refractivity contribution is -0.123. The van der Waals surface area contributed by atoms with E-state index in [-0.39, 0.29) is 18.0 Å². The molecule has 1 atom stereocenters. The zero-order chi connectivity index (χ0) is 17.7. The highest BCUT2D eigenvalue weighted by molar-refractivity contribution is 7.89. The summed E-state index contributed by atoms with van der Waals surface area (Å²) in [6.45, 7) is 2.86. The normalized spacial score (nSPS) is 23.3. The first-order valence-electron chi connectivity index (χ1n) is 8.71. The van der Waals surface area contributed by atoms with Gasteiger partial charge in [0.25, 0.3) is 0 Å². The SMILES string of the molecule is O=C(CC1COCCN1)NC1CCN(S(=O)(=O)c2ccccc2)CC1. The Bertz CT molecular complexity index is 666. The van der Waals surface area contributed by atoms with Crippen LogP contribution in [-0.2, 0) is 19.6 Å². The van der Waals surface area contributed by atoms with E-state index in [4.69, 9.17) is 4.74 Å². The summed E-state index contributed by atoms with van der Waals surface area (Å²) in [5.74, 6) is -0.00707. The lowest BCUT2D eigenvalue weighted by Gasteiger charge is -2.32. The quantitative estimate of drug-likeness (QED) is 0.783. The molecule has 0 bridgehead atoms. The molecule has 25 heavy (non-hydrogen) atoms. The first-order valence-corrected chi connectivity index (χ1v) is 10.2. The smallest absolute Gasteiger partial charge is 0.243 e. The summed E-state index contributed by atoms with van der Waals surface area (Å²) in [7, 11) is -3.44. The highest BCUT2D eigenvalue weighted by Gasteiger charge is 2.30. The number of nitrogens with one attached hydrogen (secondary N) is 2. The zero-order valence-corrected chi connectivity index (χ0v) is 15.0. The number of amides is 1. The zero-order valence-electron chi connectivity index (χ0n) is 14.2. The Hall–Kier alpha value is -1.48. The molecule has 2 saturated heterocycles. The van der Waals surface area contributed by atoms with E-state index in [2.05, 4.69) is 10.6 Å². The van der Waals surface area contributed by atoms with E-state index in [1.807, 2.05) is 0 Å². The summed E-state index contributed by atoms with van der Waals surface area (Å²) in [6.07, 6.45) is 1.65. The number of benzene rings is 1. The van der Waals surface area contributed by atoms with Gasteiger partial charge in [0.1, 0.15) is 0 Å². The minimum absolute atomic E-state index is 0.00707. The van der Waals surface area contributed by atoms with Gasteiger partial charge in [-0.05, 0) is 25.0 Å². The average molecular weight is 367 g/mol. The van der Waals surface area contributed by atoms with E-state index in [1.54, 1.807) is 30.3 Å². The Morgan fingerprint density at radius 2 is 1.96 bits per heavy atom. The van der Waals surface area contributed by atoms with Crippen molar-refractivity contribution < 1.29 is 17.9 Å². The van der Waals surface area contributed by atoms with Gasteiger partial charge in [0, 0.05) is 38.1 Å². The molecule has 0 saturated carbocycles. The summed E-state index contributed by atoms with van der Waals surface area (Å²) in [6, 6.07) is 8.57. The number of sulfonamides is 1. The third kappa shape index (κ3) is 4.78. The van der Waals surface area contributed by atoms with Gasteiger partial charge in [-0.3, -0.25) is 4.79 Å². The van der Waals surface area contributed by atoms with Gasteiger partial charge in [-0.1, -0.05) is 18.2 Å². The molecular weight excluding hydrogens is 342 g/mol. The summed E-state index contributed by atoms with van der Waals surface area (Å²) >= 11 is 0. The van der Waals surface area contributed by atoms with Crippen LogP contribution in [0, 0.1) is 0 Å². The van der Waals surface area contributed by atoms with Crippen LogP contribution in [0.4, 0.5) is 0 Å². The molecule has 2 N–H and O–H groups in total. The molecular formula is C17H25N3O4S. The number of ether oxygens (including phenoxy) is 1. The van der Waals surface area contributed by atoms with Crippen LogP contribution in [0.25, 0.3) is 0 Å². The second kappa shape index (κ2) is 8.27. The van der Waals surface area contributed by atoms with E-state index in [0.29, 0.717) is 50.5 Å². The fraction of sp³-hybridized carbons (Fsp3) is 0.588. The number of rotatable bonds is 5. The number of hydrogen-bond donors (Lipinski definition) is 2. The Balaban J connectivity index is 1.47. The minimum Gasteiger partial charge on any atom is -0.378 e. The molecule has 1 aromatic carbocycles. The standard InChI is InChI=1S/C17H25N3O4S/c21-17(12-15-13-24-11-8-18-15)19-14-6-9-20(10-7-14)25(22,23)16-4-2-1-3-5-16/h1-5,14-15,18H,6-13H2,(H,19,21). The first-order chi connectivity index (χ1) is 12.1. The average Bonchev–Trinajstić information content (AvgIpc) is 2.63. The molecule has 2 heterocycles. The van der Waals surface area contributed by atoms with Gasteiger partial charge in [0.2, 0.25) is 15.9 Å². The van der Waals surface area contributed by atoms with Crippen molar-refractivity contribution >= 4 is 15.9 Å². The van der Waals surface area contributed by atoms with Gasteiger partial charge in [0.15, 0.2) is 0 Å². The van der Waals surface area contributed by atoms with Crippen LogP contribution in [-0.4, -0.2) is 63.6 Å². The predicted molar refractivity (Wildman–Crippen MR) is 93.6 cm³/mol. The maximum absolute atomic E-state index is 12.6. The molecule has 0 radical (unpaired) electrons. The van der Waals surface area contributed by atoms with Crippen molar-refractivity contribution in [1.82, 2.24) is 14.9 Å². The van der Waals surface area contributed by atoms with Crippen molar-refractivity contribution in [3.8, 4) is 0 Å². The highest BCUT2D eigenvalue weighted by Crippen LogP contribution is 2.20. The molecule has 0 aromatic heterocycles. The van der Waals surface area contributed by atoms with E-state index in [9.17, 15) is 13.2 Å². The largest absolute Gasteiger partial charge is 0.378 e. The second-order valence-corrected chi connectivity index (χ2v) is 8.43. The number of nitrogens with zero attached hydrogens (tertiary/aromatic N) is 1. The van der Waals surface area contributed by atoms with Crippen LogP contribution in [0.15, 0.2) is 35.2 Å². The molecule has 2 aliphatic rings. The van der Waals surface area contributed by atoms with Crippen molar-refractivity contribution in [3.05, 3.63) is 30.3 Å². The fourth-order valence-electron chi connectivity index (χ4n) is 3.24. The van der Waals surface area contributed by atoms with Crippen molar-refractivity contribution in [2.24, 2.45) is 0 Å². The van der Waals surface area contributed by atoms with Crippen LogP contribution in [0.5, 0.6) is 0 Å². The molecule has 0 aliphatic carbocycles. The maximum atomic E-state index is 12.6. The van der Waals surface area contributed by atoms with Crippen molar-refractivity contribution in [1.29, 1.82) is 0 Å². The lowest BCUT2D eigenvalue weighted by atomic mass is 10.1. The first kappa shape index (κ1) is 18.3. The molecule has 1 aromatic rings. The summed E-state index contributed by atoms with van der Waals surface area (Å²) in [5, 5.41) is 6.28. The molecule has 138 valence electrons. The van der Waals surface area contributed by atoms with Gasteiger partial charge in [0.05, 0.1) is 18.1 Å². The third-order valence-electron chi connectivity index (χ3n) is 4.63. The Morgan fingerprint density at radius 1 is 1.24 bits per heavy atom. The minimum atomic E-state index is -3.44. The van der Waals surface area contributed by atoms with Crippen LogP contribution >= 0.6 is 0 Å². The monoisotopic (exact) mass is 367 g/mol. The number of piperidine rings is 1. The Morgan fingerprint density at radius 3 is 2.60 bits per heavy atom. The number of carbonyl (C=O) groups excluding carboxylic acids is 1. The number of carbonyl (C=O) groups is 1. The highest BCUT2D eigenvalue weighted by atomic mass is 32.2. The summed E-state index contributed by atoms with van der Waals surface area (Å²) in [4.78, 5) is 12.5. The predicted octanol–water partition coefficient (Wildman–Crippen LogP) is 0.334. The van der Waals surface area contributed by atoms with Crippen molar-refractivity contribution in [2.75, 3.05) is 32.8 Å². The van der Waals surface area contributed by atoms with Gasteiger partial charge < -0.3 is 15.4 Å². The summed E-state index contributed by atoms with van der Waals surface area (Å²) < 4.78 is 32.0. The van der Waals surface area contributed by atoms with Gasteiger partial charge in [-0.25, -0.2) is 8.42 Å².